The highest BCUT2D eigenvalue weighted by molar-refractivity contribution is 6.04. The molecule has 4 aromatic rings. The molecule has 0 unspecified atom stereocenters. The number of anilines is 3. The largest absolute Gasteiger partial charge is 0.339 e. The van der Waals surface area contributed by atoms with Gasteiger partial charge in [0, 0.05) is 22.6 Å². The van der Waals surface area contributed by atoms with Gasteiger partial charge in [0.05, 0.1) is 5.69 Å². The van der Waals surface area contributed by atoms with E-state index in [9.17, 15) is 9.18 Å². The van der Waals surface area contributed by atoms with Crippen LogP contribution in [0.5, 0.6) is 0 Å². The van der Waals surface area contributed by atoms with Gasteiger partial charge in [-0.3, -0.25) is 4.79 Å². The molecule has 0 fully saturated rings. The molecule has 2 aromatic carbocycles. The van der Waals surface area contributed by atoms with Gasteiger partial charge in [0.2, 0.25) is 0 Å². The number of halogens is 1. The Morgan fingerprint density at radius 3 is 2.20 bits per heavy atom. The minimum Gasteiger partial charge on any atom is -0.339 e. The second kappa shape index (κ2) is 8.12. The van der Waals surface area contributed by atoms with Crippen molar-refractivity contribution in [3.05, 3.63) is 89.5 Å². The molecule has 4 rings (SSSR count). The van der Waals surface area contributed by atoms with Gasteiger partial charge in [0.25, 0.3) is 5.91 Å². The molecule has 1 amide bonds. The number of hydrogen-bond acceptors (Lipinski definition) is 5. The van der Waals surface area contributed by atoms with Crippen LogP contribution in [0.4, 0.5) is 21.6 Å². The lowest BCUT2D eigenvalue weighted by molar-refractivity contribution is 0.102. The lowest BCUT2D eigenvalue weighted by atomic mass is 10.2. The SMILES string of the molecule is Cc1cc(C)n(-c2ccc(Nc3ccc(NC(=O)c4ccc(F)cc4)cc3)nn2)n1. The second-order valence-electron chi connectivity index (χ2n) is 6.78. The van der Waals surface area contributed by atoms with E-state index in [0.29, 0.717) is 22.9 Å². The maximum Gasteiger partial charge on any atom is 0.255 e. The zero-order valence-electron chi connectivity index (χ0n) is 16.4. The summed E-state index contributed by atoms with van der Waals surface area (Å²) in [6.07, 6.45) is 0. The number of amides is 1. The number of aromatic nitrogens is 4. The molecular formula is C22H19FN6O. The van der Waals surface area contributed by atoms with Crippen LogP contribution in [0.1, 0.15) is 21.7 Å². The fourth-order valence-corrected chi connectivity index (χ4v) is 2.95. The normalized spacial score (nSPS) is 10.6. The molecule has 0 aliphatic rings. The molecule has 0 bridgehead atoms. The van der Waals surface area contributed by atoms with Crippen LogP contribution < -0.4 is 10.6 Å². The van der Waals surface area contributed by atoms with E-state index in [-0.39, 0.29) is 11.7 Å². The van der Waals surface area contributed by atoms with Crippen LogP contribution in [0.2, 0.25) is 0 Å². The van der Waals surface area contributed by atoms with Crippen LogP contribution in [0.25, 0.3) is 5.82 Å². The van der Waals surface area contributed by atoms with E-state index >= 15 is 0 Å². The van der Waals surface area contributed by atoms with Crippen LogP contribution in [0, 0.1) is 19.7 Å². The number of hydrogen-bond donors (Lipinski definition) is 2. The molecule has 0 aliphatic heterocycles. The van der Waals surface area contributed by atoms with Crippen LogP contribution in [0.15, 0.2) is 66.7 Å². The van der Waals surface area contributed by atoms with Gasteiger partial charge in [-0.15, -0.1) is 10.2 Å². The molecule has 0 atom stereocenters. The predicted octanol–water partition coefficient (Wildman–Crippen LogP) is 4.41. The van der Waals surface area contributed by atoms with Crippen molar-refractivity contribution in [2.75, 3.05) is 10.6 Å². The van der Waals surface area contributed by atoms with E-state index in [0.717, 1.165) is 17.1 Å². The van der Waals surface area contributed by atoms with E-state index in [1.807, 2.05) is 44.2 Å². The molecule has 2 aromatic heterocycles. The predicted molar refractivity (Wildman–Crippen MR) is 113 cm³/mol. The summed E-state index contributed by atoms with van der Waals surface area (Å²) < 4.78 is 14.7. The van der Waals surface area contributed by atoms with Gasteiger partial charge in [0.1, 0.15) is 5.82 Å². The van der Waals surface area contributed by atoms with E-state index in [4.69, 9.17) is 0 Å². The van der Waals surface area contributed by atoms with Crippen LogP contribution in [-0.2, 0) is 0 Å². The minimum absolute atomic E-state index is 0.304. The summed E-state index contributed by atoms with van der Waals surface area (Å²) in [5.74, 6) is 0.544. The summed E-state index contributed by atoms with van der Waals surface area (Å²) in [6.45, 7) is 3.89. The monoisotopic (exact) mass is 402 g/mol. The lowest BCUT2D eigenvalue weighted by Crippen LogP contribution is -2.11. The number of carbonyl (C=O) groups excluding carboxylic acids is 1. The van der Waals surface area contributed by atoms with Crippen LogP contribution >= 0.6 is 0 Å². The van der Waals surface area contributed by atoms with Crippen molar-refractivity contribution in [3.8, 4) is 5.82 Å². The molecule has 150 valence electrons. The summed E-state index contributed by atoms with van der Waals surface area (Å²) in [4.78, 5) is 12.2. The van der Waals surface area contributed by atoms with Crippen molar-refractivity contribution in [1.82, 2.24) is 20.0 Å². The van der Waals surface area contributed by atoms with Crippen molar-refractivity contribution < 1.29 is 9.18 Å². The molecule has 0 radical (unpaired) electrons. The number of carbonyl (C=O) groups is 1. The highest BCUT2D eigenvalue weighted by atomic mass is 19.1. The topological polar surface area (TPSA) is 84.7 Å². The smallest absolute Gasteiger partial charge is 0.255 e. The fourth-order valence-electron chi connectivity index (χ4n) is 2.95. The first-order valence-corrected chi connectivity index (χ1v) is 9.29. The molecule has 30 heavy (non-hydrogen) atoms. The summed E-state index contributed by atoms with van der Waals surface area (Å²) in [5, 5.41) is 18.7. The molecule has 2 heterocycles. The highest BCUT2D eigenvalue weighted by Gasteiger charge is 2.08. The molecular weight excluding hydrogens is 383 g/mol. The Morgan fingerprint density at radius 1 is 0.900 bits per heavy atom. The van der Waals surface area contributed by atoms with Gasteiger partial charge in [-0.25, -0.2) is 9.07 Å². The molecule has 8 heteroatoms. The van der Waals surface area contributed by atoms with Gasteiger partial charge in [-0.1, -0.05) is 0 Å². The zero-order valence-corrected chi connectivity index (χ0v) is 16.4. The van der Waals surface area contributed by atoms with Crippen molar-refractivity contribution in [3.63, 3.8) is 0 Å². The maximum atomic E-state index is 13.0. The lowest BCUT2D eigenvalue weighted by Gasteiger charge is -2.09. The second-order valence-corrected chi connectivity index (χ2v) is 6.78. The van der Waals surface area contributed by atoms with Gasteiger partial charge in [-0.2, -0.15) is 5.10 Å². The zero-order chi connectivity index (χ0) is 21.1. The number of nitrogens with zero attached hydrogens (tertiary/aromatic N) is 4. The Morgan fingerprint density at radius 2 is 1.60 bits per heavy atom. The van der Waals surface area contributed by atoms with Crippen molar-refractivity contribution in [2.24, 2.45) is 0 Å². The molecule has 0 spiro atoms. The Balaban J connectivity index is 1.40. The van der Waals surface area contributed by atoms with Crippen LogP contribution in [0.3, 0.4) is 0 Å². The Hall–Kier alpha value is -4.07. The van der Waals surface area contributed by atoms with E-state index in [2.05, 4.69) is 25.9 Å². The number of rotatable bonds is 5. The van der Waals surface area contributed by atoms with Crippen molar-refractivity contribution >= 4 is 23.1 Å². The van der Waals surface area contributed by atoms with Gasteiger partial charge >= 0.3 is 0 Å². The summed E-state index contributed by atoms with van der Waals surface area (Å²) >= 11 is 0. The van der Waals surface area contributed by atoms with Crippen molar-refractivity contribution in [2.45, 2.75) is 13.8 Å². The summed E-state index contributed by atoms with van der Waals surface area (Å²) in [7, 11) is 0. The van der Waals surface area contributed by atoms with E-state index in [1.54, 1.807) is 16.8 Å². The number of benzene rings is 2. The van der Waals surface area contributed by atoms with E-state index < -0.39 is 0 Å². The number of aryl methyl sites for hydroxylation is 2. The molecule has 0 saturated carbocycles. The van der Waals surface area contributed by atoms with Gasteiger partial charge in [-0.05, 0) is 80.6 Å². The third-order valence-corrected chi connectivity index (χ3v) is 4.40. The Kier molecular flexibility index (Phi) is 5.21. The fraction of sp³-hybridized carbons (Fsp3) is 0.0909. The maximum absolute atomic E-state index is 13.0. The van der Waals surface area contributed by atoms with Gasteiger partial charge in [0.15, 0.2) is 11.6 Å². The molecule has 2 N–H and O–H groups in total. The van der Waals surface area contributed by atoms with Crippen molar-refractivity contribution in [1.29, 1.82) is 0 Å². The molecule has 7 nitrogen and oxygen atoms in total. The quantitative estimate of drug-likeness (QED) is 0.516. The third kappa shape index (κ3) is 4.33. The van der Waals surface area contributed by atoms with E-state index in [1.165, 1.54) is 24.3 Å². The Bertz CT molecular complexity index is 1170. The first-order valence-electron chi connectivity index (χ1n) is 9.29. The highest BCUT2D eigenvalue weighted by Crippen LogP contribution is 2.19. The first-order chi connectivity index (χ1) is 14.5. The average molecular weight is 402 g/mol. The third-order valence-electron chi connectivity index (χ3n) is 4.40. The Labute approximate surface area is 172 Å². The molecule has 0 aliphatic carbocycles. The standard InChI is InChI=1S/C22H19FN6O/c1-14-13-15(2)29(28-14)21-12-11-20(26-27-21)24-18-7-9-19(10-8-18)25-22(30)16-3-5-17(23)6-4-16/h3-13H,1-2H3,(H,24,26)(H,25,30). The average Bonchev–Trinajstić information content (AvgIpc) is 3.08. The summed E-state index contributed by atoms with van der Waals surface area (Å²) in [5.41, 5.74) is 3.71. The molecule has 0 saturated heterocycles. The van der Waals surface area contributed by atoms with Gasteiger partial charge < -0.3 is 10.6 Å². The summed E-state index contributed by atoms with van der Waals surface area (Å²) in [6, 6.07) is 18.2. The van der Waals surface area contributed by atoms with Crippen LogP contribution in [-0.4, -0.2) is 25.9 Å². The number of nitrogens with one attached hydrogen (secondary N) is 2. The first kappa shape index (κ1) is 19.3. The minimum atomic E-state index is -0.381.